The van der Waals surface area contributed by atoms with E-state index < -0.39 is 26.7 Å². The molecule has 0 spiro atoms. The molecule has 0 saturated carbocycles. The molecule has 1 atom stereocenters. The summed E-state index contributed by atoms with van der Waals surface area (Å²) in [5, 5.41) is 2.78. The van der Waals surface area contributed by atoms with Crippen LogP contribution < -0.4 is 0 Å². The fourth-order valence-electron chi connectivity index (χ4n) is 1.80. The fraction of sp³-hybridized carbons (Fsp3) is 0.429. The lowest BCUT2D eigenvalue weighted by atomic mass is 10.2. The van der Waals surface area contributed by atoms with Gasteiger partial charge in [0.05, 0.1) is 5.75 Å². The maximum atomic E-state index is 13.8. The van der Waals surface area contributed by atoms with Gasteiger partial charge in [0.25, 0.3) is 0 Å². The summed E-state index contributed by atoms with van der Waals surface area (Å²) in [6.07, 6.45) is 0. The second kappa shape index (κ2) is 6.34. The molecule has 5 nitrogen and oxygen atoms in total. The van der Waals surface area contributed by atoms with E-state index in [4.69, 9.17) is 16.1 Å². The van der Waals surface area contributed by atoms with E-state index >= 15 is 0 Å². The Bertz CT molecular complexity index is 754. The van der Waals surface area contributed by atoms with Crippen molar-refractivity contribution >= 4 is 21.4 Å². The van der Waals surface area contributed by atoms with Gasteiger partial charge < -0.3 is 4.52 Å². The number of hydrogen-bond acceptors (Lipinski definition) is 5. The minimum atomic E-state index is -3.74. The van der Waals surface area contributed by atoms with E-state index in [0.29, 0.717) is 5.82 Å². The highest BCUT2D eigenvalue weighted by molar-refractivity contribution is 7.90. The van der Waals surface area contributed by atoms with Crippen LogP contribution in [0.4, 0.5) is 4.39 Å². The van der Waals surface area contributed by atoms with Gasteiger partial charge in [0.15, 0.2) is 15.7 Å². The lowest BCUT2D eigenvalue weighted by Crippen LogP contribution is -2.14. The molecule has 0 aliphatic rings. The van der Waals surface area contributed by atoms with Crippen molar-refractivity contribution < 1.29 is 17.3 Å². The lowest BCUT2D eigenvalue weighted by Gasteiger charge is -2.10. The Balaban J connectivity index is 2.29. The molecule has 0 radical (unpaired) electrons. The smallest absolute Gasteiger partial charge is 0.244 e. The van der Waals surface area contributed by atoms with Crippen molar-refractivity contribution in [3.8, 4) is 0 Å². The summed E-state index contributed by atoms with van der Waals surface area (Å²) in [6, 6.07) is 4.04. The molecular weight excluding hydrogens is 331 g/mol. The summed E-state index contributed by atoms with van der Waals surface area (Å²) >= 11 is 5.88. The Morgan fingerprint density at radius 2 is 2.00 bits per heavy atom. The molecule has 2 aromatic rings. The van der Waals surface area contributed by atoms with Gasteiger partial charge in [-0.1, -0.05) is 36.7 Å². The van der Waals surface area contributed by atoms with Crippen LogP contribution in [0.25, 0.3) is 0 Å². The zero-order valence-electron chi connectivity index (χ0n) is 12.4. The third-order valence-electron chi connectivity index (χ3n) is 3.27. The van der Waals surface area contributed by atoms with Crippen LogP contribution in [0.15, 0.2) is 22.7 Å². The number of halogens is 2. The van der Waals surface area contributed by atoms with E-state index in [0.717, 1.165) is 0 Å². The molecule has 22 heavy (non-hydrogen) atoms. The number of hydrogen-bond donors (Lipinski definition) is 0. The number of benzene rings is 1. The molecule has 0 unspecified atom stereocenters. The first kappa shape index (κ1) is 16.9. The van der Waals surface area contributed by atoms with Crippen LogP contribution >= 0.6 is 11.6 Å². The highest BCUT2D eigenvalue weighted by Gasteiger charge is 2.30. The maximum Gasteiger partial charge on any atom is 0.244 e. The van der Waals surface area contributed by atoms with E-state index in [9.17, 15) is 12.8 Å². The summed E-state index contributed by atoms with van der Waals surface area (Å²) in [6.45, 7) is 5.17. The van der Waals surface area contributed by atoms with Gasteiger partial charge in [-0.3, -0.25) is 0 Å². The number of aromatic nitrogens is 2. The van der Waals surface area contributed by atoms with Gasteiger partial charge in [-0.05, 0) is 19.1 Å². The summed E-state index contributed by atoms with van der Waals surface area (Å²) in [5.74, 6) is -0.735. The zero-order valence-corrected chi connectivity index (χ0v) is 13.9. The van der Waals surface area contributed by atoms with Crippen LogP contribution in [0.1, 0.15) is 49.2 Å². The second-order valence-electron chi connectivity index (χ2n) is 5.30. The predicted molar refractivity (Wildman–Crippen MR) is 80.8 cm³/mol. The molecule has 0 fully saturated rings. The van der Waals surface area contributed by atoms with E-state index in [1.807, 2.05) is 13.8 Å². The van der Waals surface area contributed by atoms with E-state index in [-0.39, 0.29) is 22.4 Å². The summed E-state index contributed by atoms with van der Waals surface area (Å²) < 4.78 is 43.6. The summed E-state index contributed by atoms with van der Waals surface area (Å²) in [5.41, 5.74) is -0.0559. The van der Waals surface area contributed by atoms with Gasteiger partial charge in [-0.25, -0.2) is 12.8 Å². The summed E-state index contributed by atoms with van der Waals surface area (Å²) in [7, 11) is -3.74. The van der Waals surface area contributed by atoms with Crippen LogP contribution in [-0.2, 0) is 15.6 Å². The Labute approximate surface area is 133 Å². The average molecular weight is 347 g/mol. The standard InChI is InChI=1S/C14H16ClFN2O3S/c1-8(2)13-17-14(21-18-13)9(3)22(19,20)7-10-11(15)5-4-6-12(10)16/h4-6,8-9H,7H2,1-3H3/t9-/m0/s1. The molecule has 0 aliphatic carbocycles. The van der Waals surface area contributed by atoms with Crippen LogP contribution in [0.5, 0.6) is 0 Å². The molecule has 0 bridgehead atoms. The molecule has 2 rings (SSSR count). The Morgan fingerprint density at radius 3 is 2.55 bits per heavy atom. The molecule has 1 heterocycles. The highest BCUT2D eigenvalue weighted by atomic mass is 35.5. The topological polar surface area (TPSA) is 73.1 Å². The van der Waals surface area contributed by atoms with E-state index in [1.165, 1.54) is 25.1 Å². The van der Waals surface area contributed by atoms with Crippen molar-refractivity contribution in [1.82, 2.24) is 10.1 Å². The molecule has 1 aromatic carbocycles. The minimum Gasteiger partial charge on any atom is -0.338 e. The van der Waals surface area contributed by atoms with Crippen molar-refractivity contribution in [3.05, 3.63) is 46.3 Å². The maximum absolute atomic E-state index is 13.8. The van der Waals surface area contributed by atoms with Crippen LogP contribution in [-0.4, -0.2) is 18.6 Å². The fourth-order valence-corrected chi connectivity index (χ4v) is 3.45. The molecule has 120 valence electrons. The van der Waals surface area contributed by atoms with E-state index in [1.54, 1.807) is 0 Å². The van der Waals surface area contributed by atoms with Crippen LogP contribution in [0.2, 0.25) is 5.02 Å². The first-order chi connectivity index (χ1) is 10.2. The predicted octanol–water partition coefficient (Wildman–Crippen LogP) is 3.66. The number of rotatable bonds is 5. The van der Waals surface area contributed by atoms with Crippen molar-refractivity contribution in [2.24, 2.45) is 0 Å². The Kier molecular flexibility index (Phi) is 4.87. The van der Waals surface area contributed by atoms with Crippen molar-refractivity contribution in [2.75, 3.05) is 0 Å². The molecule has 0 aliphatic heterocycles. The number of nitrogens with zero attached hydrogens (tertiary/aromatic N) is 2. The SMILES string of the molecule is CC(C)c1noc([C@H](C)S(=O)(=O)Cc2c(F)cccc2Cl)n1. The van der Waals surface area contributed by atoms with Gasteiger partial charge >= 0.3 is 0 Å². The van der Waals surface area contributed by atoms with Gasteiger partial charge in [0.1, 0.15) is 11.1 Å². The second-order valence-corrected chi connectivity index (χ2v) is 8.02. The van der Waals surface area contributed by atoms with Gasteiger partial charge in [-0.15, -0.1) is 0 Å². The Hall–Kier alpha value is -1.47. The molecule has 0 amide bonds. The highest BCUT2D eigenvalue weighted by Crippen LogP contribution is 2.28. The lowest BCUT2D eigenvalue weighted by molar-refractivity contribution is 0.369. The third kappa shape index (κ3) is 3.47. The van der Waals surface area contributed by atoms with Crippen LogP contribution in [0.3, 0.4) is 0 Å². The van der Waals surface area contributed by atoms with Gasteiger partial charge in [0.2, 0.25) is 5.89 Å². The molecule has 1 aromatic heterocycles. The van der Waals surface area contributed by atoms with E-state index in [2.05, 4.69) is 10.1 Å². The third-order valence-corrected chi connectivity index (χ3v) is 5.59. The van der Waals surface area contributed by atoms with Crippen molar-refractivity contribution in [3.63, 3.8) is 0 Å². The largest absolute Gasteiger partial charge is 0.338 e. The normalized spacial score (nSPS) is 13.5. The molecule has 0 N–H and O–H groups in total. The zero-order chi connectivity index (χ0) is 16.5. The molecular formula is C14H16ClFN2O3S. The minimum absolute atomic E-state index is 0.00355. The van der Waals surface area contributed by atoms with Crippen LogP contribution in [0, 0.1) is 5.82 Å². The quantitative estimate of drug-likeness (QED) is 0.826. The molecule has 8 heteroatoms. The summed E-state index contributed by atoms with van der Waals surface area (Å²) in [4.78, 5) is 4.08. The molecule has 0 saturated heterocycles. The van der Waals surface area contributed by atoms with Crippen molar-refractivity contribution in [1.29, 1.82) is 0 Å². The van der Waals surface area contributed by atoms with Crippen molar-refractivity contribution in [2.45, 2.75) is 37.7 Å². The van der Waals surface area contributed by atoms with Gasteiger partial charge in [0, 0.05) is 16.5 Å². The Morgan fingerprint density at radius 1 is 1.32 bits per heavy atom. The average Bonchev–Trinajstić information content (AvgIpc) is 2.92. The first-order valence-electron chi connectivity index (χ1n) is 6.70. The van der Waals surface area contributed by atoms with Gasteiger partial charge in [-0.2, -0.15) is 4.98 Å². The monoisotopic (exact) mass is 346 g/mol. The number of sulfone groups is 1. The first-order valence-corrected chi connectivity index (χ1v) is 8.79.